The Kier molecular flexibility index (Phi) is 3.50. The SMILES string of the molecule is CCOC(C)C1(C(N)C(=O)OC)CC1. The van der Waals surface area contributed by atoms with Crippen LogP contribution < -0.4 is 5.73 Å². The first-order valence-electron chi connectivity index (χ1n) is 5.03. The molecular weight excluding hydrogens is 182 g/mol. The van der Waals surface area contributed by atoms with E-state index in [1.54, 1.807) is 0 Å². The van der Waals surface area contributed by atoms with Crippen LogP contribution in [-0.2, 0) is 14.3 Å². The number of ether oxygens (including phenoxy) is 2. The van der Waals surface area contributed by atoms with Gasteiger partial charge in [0.05, 0.1) is 13.2 Å². The normalized spacial score (nSPS) is 22.6. The lowest BCUT2D eigenvalue weighted by atomic mass is 9.91. The Hall–Kier alpha value is -0.610. The molecule has 14 heavy (non-hydrogen) atoms. The van der Waals surface area contributed by atoms with Crippen LogP contribution in [0.2, 0.25) is 0 Å². The molecule has 0 spiro atoms. The van der Waals surface area contributed by atoms with Gasteiger partial charge in [-0.1, -0.05) is 0 Å². The van der Waals surface area contributed by atoms with E-state index >= 15 is 0 Å². The quantitative estimate of drug-likeness (QED) is 0.665. The summed E-state index contributed by atoms with van der Waals surface area (Å²) in [6, 6.07) is -0.547. The van der Waals surface area contributed by atoms with Crippen molar-refractivity contribution >= 4 is 5.97 Å². The Morgan fingerprint density at radius 1 is 1.57 bits per heavy atom. The van der Waals surface area contributed by atoms with Crippen LogP contribution in [0, 0.1) is 5.41 Å². The minimum atomic E-state index is -0.547. The fourth-order valence-corrected chi connectivity index (χ4v) is 1.89. The molecule has 1 aliphatic rings. The van der Waals surface area contributed by atoms with Crippen molar-refractivity contribution in [3.8, 4) is 0 Å². The molecule has 2 unspecified atom stereocenters. The van der Waals surface area contributed by atoms with E-state index in [0.29, 0.717) is 6.61 Å². The van der Waals surface area contributed by atoms with Gasteiger partial charge in [-0.15, -0.1) is 0 Å². The second-order valence-corrected chi connectivity index (χ2v) is 3.83. The summed E-state index contributed by atoms with van der Waals surface area (Å²) in [6.45, 7) is 4.56. The van der Waals surface area contributed by atoms with Gasteiger partial charge >= 0.3 is 5.97 Å². The van der Waals surface area contributed by atoms with Crippen LogP contribution in [0.15, 0.2) is 0 Å². The van der Waals surface area contributed by atoms with Crippen molar-refractivity contribution in [2.45, 2.75) is 38.8 Å². The molecule has 0 saturated heterocycles. The van der Waals surface area contributed by atoms with Gasteiger partial charge in [0.2, 0.25) is 0 Å². The molecule has 2 N–H and O–H groups in total. The Balaban J connectivity index is 2.60. The van der Waals surface area contributed by atoms with E-state index in [1.807, 2.05) is 13.8 Å². The van der Waals surface area contributed by atoms with Gasteiger partial charge in [-0.3, -0.25) is 4.79 Å². The van der Waals surface area contributed by atoms with Gasteiger partial charge in [0, 0.05) is 12.0 Å². The molecule has 1 rings (SSSR count). The van der Waals surface area contributed by atoms with Gasteiger partial charge in [0.1, 0.15) is 6.04 Å². The molecule has 0 radical (unpaired) electrons. The number of rotatable bonds is 5. The first-order valence-corrected chi connectivity index (χ1v) is 5.03. The molecule has 0 bridgehead atoms. The zero-order valence-electron chi connectivity index (χ0n) is 9.08. The summed E-state index contributed by atoms with van der Waals surface area (Å²) in [5.74, 6) is -0.339. The van der Waals surface area contributed by atoms with Crippen molar-refractivity contribution in [2.24, 2.45) is 11.1 Å². The topological polar surface area (TPSA) is 61.5 Å². The fourth-order valence-electron chi connectivity index (χ4n) is 1.89. The minimum absolute atomic E-state index is 0.0293. The van der Waals surface area contributed by atoms with E-state index in [9.17, 15) is 4.79 Å². The highest BCUT2D eigenvalue weighted by Gasteiger charge is 2.55. The lowest BCUT2D eigenvalue weighted by Crippen LogP contribution is -2.46. The molecule has 4 heteroatoms. The lowest BCUT2D eigenvalue weighted by Gasteiger charge is -2.27. The van der Waals surface area contributed by atoms with E-state index in [1.165, 1.54) is 7.11 Å². The average molecular weight is 201 g/mol. The number of methoxy groups -OCH3 is 1. The first kappa shape index (κ1) is 11.5. The van der Waals surface area contributed by atoms with Crippen LogP contribution in [0.5, 0.6) is 0 Å². The van der Waals surface area contributed by atoms with Gasteiger partial charge in [-0.05, 0) is 26.7 Å². The summed E-state index contributed by atoms with van der Waals surface area (Å²) in [5.41, 5.74) is 5.67. The van der Waals surface area contributed by atoms with Crippen LogP contribution in [-0.4, -0.2) is 31.8 Å². The summed E-state index contributed by atoms with van der Waals surface area (Å²) in [4.78, 5) is 11.3. The highest BCUT2D eigenvalue weighted by atomic mass is 16.5. The maximum absolute atomic E-state index is 11.3. The summed E-state index contributed by atoms with van der Waals surface area (Å²) in [6.07, 6.45) is 1.93. The number of nitrogens with two attached hydrogens (primary N) is 1. The molecule has 2 atom stereocenters. The molecule has 0 aromatic rings. The molecule has 0 heterocycles. The molecular formula is C10H19NO3. The molecule has 1 aliphatic carbocycles. The van der Waals surface area contributed by atoms with E-state index in [4.69, 9.17) is 10.5 Å². The Labute approximate surface area is 84.7 Å². The van der Waals surface area contributed by atoms with E-state index in [2.05, 4.69) is 4.74 Å². The third-order valence-electron chi connectivity index (χ3n) is 3.13. The molecule has 0 aromatic heterocycles. The largest absolute Gasteiger partial charge is 0.468 e. The Morgan fingerprint density at radius 2 is 2.14 bits per heavy atom. The second kappa shape index (κ2) is 4.28. The van der Waals surface area contributed by atoms with Gasteiger partial charge in [-0.25, -0.2) is 0 Å². The van der Waals surface area contributed by atoms with Crippen LogP contribution in [0.1, 0.15) is 26.7 Å². The molecule has 0 aliphatic heterocycles. The van der Waals surface area contributed by atoms with Crippen molar-refractivity contribution in [1.82, 2.24) is 0 Å². The van der Waals surface area contributed by atoms with Crippen LogP contribution in [0.4, 0.5) is 0 Å². The Morgan fingerprint density at radius 3 is 2.50 bits per heavy atom. The number of carbonyl (C=O) groups excluding carboxylic acids is 1. The Bertz CT molecular complexity index is 213. The van der Waals surface area contributed by atoms with Gasteiger partial charge in [-0.2, -0.15) is 0 Å². The number of hydrogen-bond donors (Lipinski definition) is 1. The molecule has 82 valence electrons. The predicted molar refractivity (Wildman–Crippen MR) is 52.7 cm³/mol. The highest BCUT2D eigenvalue weighted by Crippen LogP contribution is 2.52. The second-order valence-electron chi connectivity index (χ2n) is 3.83. The van der Waals surface area contributed by atoms with Crippen molar-refractivity contribution in [1.29, 1.82) is 0 Å². The van der Waals surface area contributed by atoms with Crippen LogP contribution >= 0.6 is 0 Å². The van der Waals surface area contributed by atoms with E-state index < -0.39 is 6.04 Å². The van der Waals surface area contributed by atoms with Crippen LogP contribution in [0.3, 0.4) is 0 Å². The fraction of sp³-hybridized carbons (Fsp3) is 0.900. The van der Waals surface area contributed by atoms with Crippen molar-refractivity contribution < 1.29 is 14.3 Å². The standard InChI is InChI=1S/C10H19NO3/c1-4-14-7(2)10(5-6-10)8(11)9(12)13-3/h7-8H,4-6,11H2,1-3H3. The molecule has 4 nitrogen and oxygen atoms in total. The first-order chi connectivity index (χ1) is 6.58. The van der Waals surface area contributed by atoms with Gasteiger partial charge < -0.3 is 15.2 Å². The third kappa shape index (κ3) is 1.91. The predicted octanol–water partition coefficient (Wildman–Crippen LogP) is 0.692. The third-order valence-corrected chi connectivity index (χ3v) is 3.13. The zero-order chi connectivity index (χ0) is 10.8. The van der Waals surface area contributed by atoms with E-state index in [-0.39, 0.29) is 17.5 Å². The molecule has 1 fully saturated rings. The summed E-state index contributed by atoms with van der Waals surface area (Å²) < 4.78 is 10.1. The summed E-state index contributed by atoms with van der Waals surface area (Å²) in [7, 11) is 1.36. The molecule has 0 amide bonds. The summed E-state index contributed by atoms with van der Waals surface area (Å²) in [5, 5.41) is 0. The van der Waals surface area contributed by atoms with Gasteiger partial charge in [0.25, 0.3) is 0 Å². The highest BCUT2D eigenvalue weighted by molar-refractivity contribution is 5.77. The molecule has 0 aromatic carbocycles. The molecule has 1 saturated carbocycles. The van der Waals surface area contributed by atoms with Gasteiger partial charge in [0.15, 0.2) is 0 Å². The minimum Gasteiger partial charge on any atom is -0.468 e. The zero-order valence-corrected chi connectivity index (χ0v) is 9.08. The average Bonchev–Trinajstić information content (AvgIpc) is 2.97. The smallest absolute Gasteiger partial charge is 0.323 e. The maximum atomic E-state index is 11.3. The van der Waals surface area contributed by atoms with Crippen molar-refractivity contribution in [3.05, 3.63) is 0 Å². The van der Waals surface area contributed by atoms with Crippen LogP contribution in [0.25, 0.3) is 0 Å². The summed E-state index contributed by atoms with van der Waals surface area (Å²) >= 11 is 0. The van der Waals surface area contributed by atoms with E-state index in [0.717, 1.165) is 12.8 Å². The number of esters is 1. The van der Waals surface area contributed by atoms with Crippen molar-refractivity contribution in [3.63, 3.8) is 0 Å². The monoisotopic (exact) mass is 201 g/mol. The maximum Gasteiger partial charge on any atom is 0.323 e. The lowest BCUT2D eigenvalue weighted by molar-refractivity contribution is -0.146. The number of hydrogen-bond acceptors (Lipinski definition) is 4. The number of carbonyl (C=O) groups is 1. The van der Waals surface area contributed by atoms with Crippen molar-refractivity contribution in [2.75, 3.05) is 13.7 Å².